The van der Waals surface area contributed by atoms with Gasteiger partial charge >= 0.3 is 11.8 Å². The number of nitrogens with one attached hydrogen (secondary N) is 3. The predicted octanol–water partition coefficient (Wildman–Crippen LogP) is 0.00940. The van der Waals surface area contributed by atoms with Gasteiger partial charge in [-0.3, -0.25) is 15.0 Å². The Kier molecular flexibility index (Phi) is 4.82. The number of carbonyl (C=O) groups excluding carboxylic acids is 2. The maximum absolute atomic E-state index is 12.1. The lowest BCUT2D eigenvalue weighted by atomic mass is 10.1. The summed E-state index contributed by atoms with van der Waals surface area (Å²) < 4.78 is 24.2. The van der Waals surface area contributed by atoms with Gasteiger partial charge in [0.05, 0.1) is 4.90 Å². The molecule has 0 spiro atoms. The van der Waals surface area contributed by atoms with Gasteiger partial charge in [-0.1, -0.05) is 6.07 Å². The summed E-state index contributed by atoms with van der Waals surface area (Å²) in [4.78, 5) is 24.9. The number of carbonyl (C=O) groups is 2. The van der Waals surface area contributed by atoms with Crippen LogP contribution in [0.15, 0.2) is 23.1 Å². The van der Waals surface area contributed by atoms with E-state index < -0.39 is 21.8 Å². The van der Waals surface area contributed by atoms with Crippen LogP contribution in [0.3, 0.4) is 0 Å². The van der Waals surface area contributed by atoms with Gasteiger partial charge in [-0.2, -0.15) is 0 Å². The molecule has 1 aromatic carbocycles. The predicted molar refractivity (Wildman–Crippen MR) is 80.2 cm³/mol. The Morgan fingerprint density at radius 3 is 2.45 bits per heavy atom. The molecule has 1 aromatic rings. The van der Waals surface area contributed by atoms with E-state index in [0.717, 1.165) is 30.4 Å². The Hall–Kier alpha value is -1.93. The number of hydrogen-bond acceptors (Lipinski definition) is 4. The Balaban J connectivity index is 2.02. The Labute approximate surface area is 129 Å². The van der Waals surface area contributed by atoms with Gasteiger partial charge in [0.15, 0.2) is 0 Å². The minimum Gasteiger partial charge on any atom is -0.346 e. The number of fused-ring (bicyclic) bond motifs is 1. The molecule has 0 fully saturated rings. The van der Waals surface area contributed by atoms with Gasteiger partial charge in [-0.25, -0.2) is 8.42 Å². The number of benzene rings is 1. The molecule has 0 aromatic heterocycles. The van der Waals surface area contributed by atoms with Crippen molar-refractivity contribution >= 4 is 21.8 Å². The average Bonchev–Trinajstić information content (AvgIpc) is 2.91. The van der Waals surface area contributed by atoms with Gasteiger partial charge in [0.2, 0.25) is 0 Å². The minimum absolute atomic E-state index is 0.0673. The summed E-state index contributed by atoms with van der Waals surface area (Å²) >= 11 is 0. The van der Waals surface area contributed by atoms with Gasteiger partial charge in [0.25, 0.3) is 10.0 Å². The van der Waals surface area contributed by atoms with Crippen LogP contribution in [0.5, 0.6) is 0 Å². The zero-order valence-corrected chi connectivity index (χ0v) is 13.3. The van der Waals surface area contributed by atoms with E-state index in [-0.39, 0.29) is 10.9 Å². The Morgan fingerprint density at radius 1 is 1.09 bits per heavy atom. The zero-order valence-electron chi connectivity index (χ0n) is 12.5. The number of sulfonamides is 1. The number of amides is 2. The van der Waals surface area contributed by atoms with Crippen LogP contribution < -0.4 is 15.6 Å². The number of aryl methyl sites for hydroxylation is 2. The molecule has 0 heterocycles. The van der Waals surface area contributed by atoms with Crippen molar-refractivity contribution in [2.24, 2.45) is 0 Å². The van der Waals surface area contributed by atoms with Crippen molar-refractivity contribution in [1.82, 2.24) is 15.6 Å². The van der Waals surface area contributed by atoms with Crippen molar-refractivity contribution in [2.75, 3.05) is 0 Å². The van der Waals surface area contributed by atoms with Gasteiger partial charge < -0.3 is 5.32 Å². The smallest absolute Gasteiger partial charge is 0.324 e. The van der Waals surface area contributed by atoms with Crippen molar-refractivity contribution in [2.45, 2.75) is 44.0 Å². The first kappa shape index (κ1) is 16.4. The third-order valence-corrected chi connectivity index (χ3v) is 4.55. The second kappa shape index (κ2) is 6.45. The van der Waals surface area contributed by atoms with Crippen LogP contribution in [0, 0.1) is 0 Å². The highest BCUT2D eigenvalue weighted by Gasteiger charge is 2.21. The van der Waals surface area contributed by atoms with Crippen molar-refractivity contribution in [3.63, 3.8) is 0 Å². The molecule has 0 bridgehead atoms. The molecular weight excluding hydrogens is 306 g/mol. The lowest BCUT2D eigenvalue weighted by Crippen LogP contribution is -2.49. The van der Waals surface area contributed by atoms with Crippen LogP contribution in [0.25, 0.3) is 0 Å². The van der Waals surface area contributed by atoms with Crippen molar-refractivity contribution in [1.29, 1.82) is 0 Å². The third-order valence-electron chi connectivity index (χ3n) is 3.31. The first-order valence-electron chi connectivity index (χ1n) is 7.04. The van der Waals surface area contributed by atoms with Crippen molar-refractivity contribution < 1.29 is 18.0 Å². The molecule has 7 nitrogen and oxygen atoms in total. The topological polar surface area (TPSA) is 104 Å². The maximum Gasteiger partial charge on any atom is 0.324 e. The molecule has 120 valence electrons. The van der Waals surface area contributed by atoms with E-state index in [0.29, 0.717) is 0 Å². The fourth-order valence-electron chi connectivity index (χ4n) is 2.27. The number of rotatable bonds is 4. The lowest BCUT2D eigenvalue weighted by Gasteiger charge is -2.11. The molecule has 3 N–H and O–H groups in total. The SMILES string of the molecule is CC(C)NC(=O)C(=O)NNS(=O)(=O)c1ccc2c(c1)CCC2. The molecule has 0 unspecified atom stereocenters. The molecular formula is C14H19N3O4S. The van der Waals surface area contributed by atoms with Crippen LogP contribution in [-0.2, 0) is 32.5 Å². The summed E-state index contributed by atoms with van der Waals surface area (Å²) in [5.74, 6) is -1.95. The van der Waals surface area contributed by atoms with E-state index in [4.69, 9.17) is 0 Å². The zero-order chi connectivity index (χ0) is 16.3. The highest BCUT2D eigenvalue weighted by atomic mass is 32.2. The van der Waals surface area contributed by atoms with Gasteiger partial charge in [0, 0.05) is 6.04 Å². The number of hydrogen-bond donors (Lipinski definition) is 3. The summed E-state index contributed by atoms with van der Waals surface area (Å²) in [6.07, 6.45) is 2.81. The average molecular weight is 325 g/mol. The van der Waals surface area contributed by atoms with Gasteiger partial charge in [-0.15, -0.1) is 4.83 Å². The van der Waals surface area contributed by atoms with Crippen LogP contribution >= 0.6 is 0 Å². The molecule has 0 radical (unpaired) electrons. The molecule has 0 atom stereocenters. The van der Waals surface area contributed by atoms with E-state index in [9.17, 15) is 18.0 Å². The molecule has 2 amide bonds. The summed E-state index contributed by atoms with van der Waals surface area (Å²) in [5.41, 5.74) is 4.06. The molecule has 0 saturated heterocycles. The van der Waals surface area contributed by atoms with E-state index in [1.807, 2.05) is 10.3 Å². The Morgan fingerprint density at radius 2 is 1.77 bits per heavy atom. The largest absolute Gasteiger partial charge is 0.346 e. The van der Waals surface area contributed by atoms with Crippen molar-refractivity contribution in [3.8, 4) is 0 Å². The summed E-state index contributed by atoms with van der Waals surface area (Å²) in [6.45, 7) is 3.39. The molecule has 0 aliphatic heterocycles. The minimum atomic E-state index is -3.90. The highest BCUT2D eigenvalue weighted by Crippen LogP contribution is 2.24. The van der Waals surface area contributed by atoms with E-state index >= 15 is 0 Å². The summed E-state index contributed by atoms with van der Waals surface area (Å²) in [7, 11) is -3.90. The fourth-order valence-corrected chi connectivity index (χ4v) is 3.16. The van der Waals surface area contributed by atoms with Crippen LogP contribution in [0.2, 0.25) is 0 Å². The standard InChI is InChI=1S/C14H19N3O4S/c1-9(2)15-13(18)14(19)16-17-22(20,21)12-7-6-10-4-3-5-11(10)8-12/h6-9,17H,3-5H2,1-2H3,(H,15,18)(H,16,19). The molecule has 1 aliphatic carbocycles. The van der Waals surface area contributed by atoms with Crippen LogP contribution in [-0.4, -0.2) is 26.3 Å². The quantitative estimate of drug-likeness (QED) is 0.536. The molecule has 1 aliphatic rings. The summed E-state index contributed by atoms with van der Waals surface area (Å²) in [5, 5.41) is 2.37. The van der Waals surface area contributed by atoms with E-state index in [2.05, 4.69) is 5.32 Å². The normalized spacial score (nSPS) is 13.8. The number of hydrazine groups is 1. The van der Waals surface area contributed by atoms with Crippen molar-refractivity contribution in [3.05, 3.63) is 29.3 Å². The maximum atomic E-state index is 12.1. The van der Waals surface area contributed by atoms with Crippen LogP contribution in [0.1, 0.15) is 31.4 Å². The van der Waals surface area contributed by atoms with Gasteiger partial charge in [-0.05, 0) is 56.4 Å². The molecule has 22 heavy (non-hydrogen) atoms. The van der Waals surface area contributed by atoms with E-state index in [1.54, 1.807) is 26.0 Å². The second-order valence-electron chi connectivity index (χ2n) is 5.47. The van der Waals surface area contributed by atoms with Gasteiger partial charge in [0.1, 0.15) is 0 Å². The highest BCUT2D eigenvalue weighted by molar-refractivity contribution is 7.89. The molecule has 0 saturated carbocycles. The van der Waals surface area contributed by atoms with Crippen LogP contribution in [0.4, 0.5) is 0 Å². The first-order chi connectivity index (χ1) is 10.3. The van der Waals surface area contributed by atoms with E-state index in [1.165, 1.54) is 6.07 Å². The fraction of sp³-hybridized carbons (Fsp3) is 0.429. The molecule has 8 heteroatoms. The molecule has 2 rings (SSSR count). The monoisotopic (exact) mass is 325 g/mol. The Bertz CT molecular complexity index is 698. The lowest BCUT2D eigenvalue weighted by molar-refractivity contribution is -0.139. The third kappa shape index (κ3) is 3.83. The first-order valence-corrected chi connectivity index (χ1v) is 8.52. The second-order valence-corrected chi connectivity index (χ2v) is 7.15. The summed E-state index contributed by atoms with van der Waals surface area (Å²) in [6, 6.07) is 4.66.